The molecule has 0 saturated carbocycles. The van der Waals surface area contributed by atoms with Crippen LogP contribution in [0.3, 0.4) is 0 Å². The average Bonchev–Trinajstić information content (AvgIpc) is 3.31. The van der Waals surface area contributed by atoms with E-state index in [2.05, 4.69) is 30.0 Å². The average molecular weight is 407 g/mol. The van der Waals surface area contributed by atoms with Crippen molar-refractivity contribution in [2.45, 2.75) is 13.0 Å². The minimum absolute atomic E-state index is 0.273. The minimum Gasteiger partial charge on any atom is -0.378 e. The summed E-state index contributed by atoms with van der Waals surface area (Å²) >= 11 is 0. The zero-order valence-corrected chi connectivity index (χ0v) is 17.0. The highest BCUT2D eigenvalue weighted by molar-refractivity contribution is 5.60. The molecule has 1 atom stereocenters. The molecule has 0 radical (unpaired) electrons. The lowest BCUT2D eigenvalue weighted by Crippen LogP contribution is -2.37. The maximum atomic E-state index is 5.86. The first-order chi connectivity index (χ1) is 14.8. The number of hydrogen-bond donors (Lipinski definition) is 0. The van der Waals surface area contributed by atoms with Crippen LogP contribution in [0.5, 0.6) is 0 Å². The van der Waals surface area contributed by atoms with Gasteiger partial charge in [0.25, 0.3) is 0 Å². The number of anilines is 1. The number of aryl methyl sites for hydroxylation is 1. The molecule has 0 amide bonds. The summed E-state index contributed by atoms with van der Waals surface area (Å²) in [4.78, 5) is 11.8. The van der Waals surface area contributed by atoms with E-state index in [1.54, 1.807) is 4.68 Å². The Kier molecular flexibility index (Phi) is 5.44. The standard InChI is InChI=1S/C22H25N5O3/c1-16-3-2-4-17(13-16)18-5-6-27(25-18)21-14-20(26-7-9-28-10-8-26)23-22(24-21)19-15-29-11-12-30-19/h2-6,13-14,19H,7-12,15H2,1H3/t19-/m1/s1. The first-order valence-corrected chi connectivity index (χ1v) is 10.3. The van der Waals surface area contributed by atoms with Crippen LogP contribution in [0.25, 0.3) is 17.1 Å². The summed E-state index contributed by atoms with van der Waals surface area (Å²) in [5.74, 6) is 2.20. The Hall–Kier alpha value is -2.81. The molecule has 156 valence electrons. The maximum absolute atomic E-state index is 5.86. The highest BCUT2D eigenvalue weighted by Crippen LogP contribution is 2.25. The van der Waals surface area contributed by atoms with E-state index in [4.69, 9.17) is 29.3 Å². The van der Waals surface area contributed by atoms with Crippen molar-refractivity contribution in [3.8, 4) is 17.1 Å². The van der Waals surface area contributed by atoms with Crippen LogP contribution in [0.4, 0.5) is 5.82 Å². The predicted octanol–water partition coefficient (Wildman–Crippen LogP) is 2.56. The van der Waals surface area contributed by atoms with E-state index >= 15 is 0 Å². The topological polar surface area (TPSA) is 74.5 Å². The van der Waals surface area contributed by atoms with Gasteiger partial charge >= 0.3 is 0 Å². The van der Waals surface area contributed by atoms with Crippen LogP contribution >= 0.6 is 0 Å². The van der Waals surface area contributed by atoms with Gasteiger partial charge in [-0.25, -0.2) is 14.6 Å². The lowest BCUT2D eigenvalue weighted by atomic mass is 10.1. The van der Waals surface area contributed by atoms with Gasteiger partial charge in [-0.2, -0.15) is 5.10 Å². The summed E-state index contributed by atoms with van der Waals surface area (Å²) in [5.41, 5.74) is 3.19. The molecule has 0 unspecified atom stereocenters. The van der Waals surface area contributed by atoms with Crippen LogP contribution in [-0.4, -0.2) is 65.9 Å². The summed E-state index contributed by atoms with van der Waals surface area (Å²) in [7, 11) is 0. The van der Waals surface area contributed by atoms with Crippen LogP contribution in [0.15, 0.2) is 42.6 Å². The van der Waals surface area contributed by atoms with Crippen molar-refractivity contribution in [1.29, 1.82) is 0 Å². The fraction of sp³-hybridized carbons (Fsp3) is 0.409. The summed E-state index contributed by atoms with van der Waals surface area (Å²) in [6.45, 7) is 6.67. The first-order valence-electron chi connectivity index (χ1n) is 10.3. The van der Waals surface area contributed by atoms with Gasteiger partial charge in [0.1, 0.15) is 11.9 Å². The van der Waals surface area contributed by atoms with E-state index < -0.39 is 0 Å². The van der Waals surface area contributed by atoms with Gasteiger partial charge in [-0.3, -0.25) is 0 Å². The van der Waals surface area contributed by atoms with E-state index in [0.717, 1.165) is 36.0 Å². The van der Waals surface area contributed by atoms with E-state index in [-0.39, 0.29) is 6.10 Å². The molecule has 0 spiro atoms. The maximum Gasteiger partial charge on any atom is 0.164 e. The van der Waals surface area contributed by atoms with Crippen molar-refractivity contribution in [2.75, 3.05) is 51.0 Å². The van der Waals surface area contributed by atoms with Crippen LogP contribution in [0, 0.1) is 6.92 Å². The van der Waals surface area contributed by atoms with E-state index in [9.17, 15) is 0 Å². The molecule has 8 nitrogen and oxygen atoms in total. The Bertz CT molecular complexity index is 973. The second-order valence-electron chi connectivity index (χ2n) is 7.49. The van der Waals surface area contributed by atoms with Crippen molar-refractivity contribution in [1.82, 2.24) is 19.7 Å². The zero-order chi connectivity index (χ0) is 20.3. The molecule has 30 heavy (non-hydrogen) atoms. The number of benzene rings is 1. The molecule has 8 heteroatoms. The van der Waals surface area contributed by atoms with Crippen molar-refractivity contribution in [3.63, 3.8) is 0 Å². The normalized spacial score (nSPS) is 19.8. The smallest absolute Gasteiger partial charge is 0.164 e. The van der Waals surface area contributed by atoms with Gasteiger partial charge in [0.2, 0.25) is 0 Å². The molecule has 2 aliphatic heterocycles. The second-order valence-corrected chi connectivity index (χ2v) is 7.49. The summed E-state index contributed by atoms with van der Waals surface area (Å²) < 4.78 is 18.7. The largest absolute Gasteiger partial charge is 0.378 e. The second kappa shape index (κ2) is 8.51. The van der Waals surface area contributed by atoms with Gasteiger partial charge in [0.15, 0.2) is 11.6 Å². The molecule has 2 saturated heterocycles. The van der Waals surface area contributed by atoms with Gasteiger partial charge < -0.3 is 19.1 Å². The molecule has 5 rings (SSSR count). The molecule has 4 heterocycles. The highest BCUT2D eigenvalue weighted by atomic mass is 16.6. The van der Waals surface area contributed by atoms with E-state index in [1.165, 1.54) is 5.56 Å². The Labute approximate surface area is 175 Å². The molecule has 0 aliphatic carbocycles. The molecule has 2 aliphatic rings. The summed E-state index contributed by atoms with van der Waals surface area (Å²) in [6, 6.07) is 12.3. The quantitative estimate of drug-likeness (QED) is 0.658. The third-order valence-corrected chi connectivity index (χ3v) is 5.29. The summed E-state index contributed by atoms with van der Waals surface area (Å²) in [5, 5.41) is 4.78. The predicted molar refractivity (Wildman–Crippen MR) is 112 cm³/mol. The van der Waals surface area contributed by atoms with Gasteiger partial charge in [-0.15, -0.1) is 0 Å². The van der Waals surface area contributed by atoms with E-state index in [1.807, 2.05) is 24.4 Å². The molecule has 2 aromatic heterocycles. The van der Waals surface area contributed by atoms with Crippen LogP contribution in [0.1, 0.15) is 17.5 Å². The van der Waals surface area contributed by atoms with Crippen molar-refractivity contribution < 1.29 is 14.2 Å². The van der Waals surface area contributed by atoms with Crippen LogP contribution in [-0.2, 0) is 14.2 Å². The van der Waals surface area contributed by atoms with Gasteiger partial charge in [0.05, 0.1) is 38.7 Å². The number of rotatable bonds is 4. The van der Waals surface area contributed by atoms with E-state index in [0.29, 0.717) is 38.9 Å². The Balaban J connectivity index is 1.51. The lowest BCUT2D eigenvalue weighted by molar-refractivity contribution is -0.0935. The lowest BCUT2D eigenvalue weighted by Gasteiger charge is -2.29. The molecule has 2 fully saturated rings. The number of nitrogens with zero attached hydrogens (tertiary/aromatic N) is 5. The van der Waals surface area contributed by atoms with Crippen molar-refractivity contribution in [3.05, 3.63) is 54.0 Å². The molecular weight excluding hydrogens is 382 g/mol. The van der Waals surface area contributed by atoms with Gasteiger partial charge in [0, 0.05) is 30.9 Å². The number of hydrogen-bond acceptors (Lipinski definition) is 7. The van der Waals surface area contributed by atoms with Crippen LogP contribution < -0.4 is 4.90 Å². The number of aromatic nitrogens is 4. The fourth-order valence-electron chi connectivity index (χ4n) is 3.70. The SMILES string of the molecule is Cc1cccc(-c2ccn(-c3cc(N4CCOCC4)nc([C@H]4COCCO4)n3)n2)c1. The molecule has 1 aromatic carbocycles. The zero-order valence-electron chi connectivity index (χ0n) is 17.0. The van der Waals surface area contributed by atoms with Crippen molar-refractivity contribution >= 4 is 5.82 Å². The third-order valence-electron chi connectivity index (χ3n) is 5.29. The highest BCUT2D eigenvalue weighted by Gasteiger charge is 2.23. The Morgan fingerprint density at radius 1 is 0.933 bits per heavy atom. The third kappa shape index (κ3) is 4.07. The molecule has 0 bridgehead atoms. The fourth-order valence-corrected chi connectivity index (χ4v) is 3.70. The first kappa shape index (κ1) is 19.2. The van der Waals surface area contributed by atoms with Crippen LogP contribution in [0.2, 0.25) is 0 Å². The Morgan fingerprint density at radius 3 is 2.60 bits per heavy atom. The molecular formula is C22H25N5O3. The van der Waals surface area contributed by atoms with Gasteiger partial charge in [-0.05, 0) is 19.1 Å². The minimum atomic E-state index is -0.273. The molecule has 0 N–H and O–H groups in total. The number of ether oxygens (including phenoxy) is 3. The number of morpholine rings is 1. The Morgan fingerprint density at radius 2 is 1.80 bits per heavy atom. The monoisotopic (exact) mass is 407 g/mol. The van der Waals surface area contributed by atoms with Crippen molar-refractivity contribution in [2.24, 2.45) is 0 Å². The summed E-state index contributed by atoms with van der Waals surface area (Å²) in [6.07, 6.45) is 1.66. The van der Waals surface area contributed by atoms with Gasteiger partial charge in [-0.1, -0.05) is 23.8 Å². The molecule has 3 aromatic rings.